The lowest BCUT2D eigenvalue weighted by atomic mass is 10.0. The third kappa shape index (κ3) is 3.72. The van der Waals surface area contributed by atoms with Crippen LogP contribution >= 0.6 is 0 Å². The largest absolute Gasteiger partial charge is 0.390 e. The molecule has 0 N–H and O–H groups in total. The molecule has 0 fully saturated rings. The Morgan fingerprint density at radius 3 is 2.95 bits per heavy atom. The molecule has 21 heavy (non-hydrogen) atoms. The van der Waals surface area contributed by atoms with E-state index in [1.54, 1.807) is 11.0 Å². The number of aryl methyl sites for hydroxylation is 1. The van der Waals surface area contributed by atoms with Gasteiger partial charge in [-0.2, -0.15) is 0 Å². The van der Waals surface area contributed by atoms with Gasteiger partial charge in [-0.05, 0) is 12.5 Å². The number of benzene rings is 1. The first-order valence-corrected chi connectivity index (χ1v) is 7.33. The van der Waals surface area contributed by atoms with E-state index in [2.05, 4.69) is 30.8 Å². The number of hydrogen-bond acceptors (Lipinski definition) is 3. The van der Waals surface area contributed by atoms with Crippen molar-refractivity contribution in [3.8, 4) is 0 Å². The fourth-order valence-corrected chi connectivity index (χ4v) is 2.49. The molecule has 0 aromatic heterocycles. The lowest BCUT2D eigenvalue weighted by Crippen LogP contribution is -2.37. The molecule has 0 radical (unpaired) electrons. The third-order valence-corrected chi connectivity index (χ3v) is 3.62. The summed E-state index contributed by atoms with van der Waals surface area (Å²) in [6.07, 6.45) is 2.89. The lowest BCUT2D eigenvalue weighted by molar-refractivity contribution is -0.132. The molecule has 1 aliphatic heterocycles. The molecular formula is C17H22N2O2. The zero-order valence-electron chi connectivity index (χ0n) is 12.7. The summed E-state index contributed by atoms with van der Waals surface area (Å²) in [5.41, 5.74) is 3.27. The Morgan fingerprint density at radius 1 is 1.52 bits per heavy atom. The van der Waals surface area contributed by atoms with Gasteiger partial charge in [-0.15, -0.1) is 6.58 Å². The fourth-order valence-electron chi connectivity index (χ4n) is 2.49. The van der Waals surface area contributed by atoms with Gasteiger partial charge < -0.3 is 9.74 Å². The zero-order valence-corrected chi connectivity index (χ0v) is 12.7. The molecule has 1 amide bonds. The van der Waals surface area contributed by atoms with Gasteiger partial charge in [-0.1, -0.05) is 42.4 Å². The molecular weight excluding hydrogens is 264 g/mol. The minimum Gasteiger partial charge on any atom is -0.390 e. The second kappa shape index (κ2) is 7.07. The summed E-state index contributed by atoms with van der Waals surface area (Å²) in [5, 5.41) is 4.20. The van der Waals surface area contributed by atoms with Gasteiger partial charge in [-0.25, -0.2) is 0 Å². The van der Waals surface area contributed by atoms with Crippen LogP contribution in [0, 0.1) is 6.92 Å². The molecule has 1 aliphatic rings. The third-order valence-electron chi connectivity index (χ3n) is 3.62. The first-order chi connectivity index (χ1) is 10.2. The summed E-state index contributed by atoms with van der Waals surface area (Å²) in [6.45, 7) is 8.73. The quantitative estimate of drug-likeness (QED) is 0.755. The highest BCUT2D eigenvalue weighted by Crippen LogP contribution is 2.20. The molecule has 0 saturated heterocycles. The molecule has 4 nitrogen and oxygen atoms in total. The SMILES string of the molecule is C=CCN(C[C@H]1CC(c2ccccc2C)=NO1)C(=O)CC. The number of carbonyl (C=O) groups excluding carboxylic acids is 1. The first-order valence-electron chi connectivity index (χ1n) is 7.33. The molecule has 4 heteroatoms. The van der Waals surface area contributed by atoms with Gasteiger partial charge in [0.25, 0.3) is 0 Å². The Kier molecular flexibility index (Phi) is 5.14. The highest BCUT2D eigenvalue weighted by Gasteiger charge is 2.26. The first kappa shape index (κ1) is 15.3. The molecule has 1 aromatic carbocycles. The molecule has 0 spiro atoms. The van der Waals surface area contributed by atoms with Crippen molar-refractivity contribution in [1.29, 1.82) is 0 Å². The van der Waals surface area contributed by atoms with Crippen molar-refractivity contribution in [3.05, 3.63) is 48.0 Å². The van der Waals surface area contributed by atoms with Crippen LogP contribution in [0.4, 0.5) is 0 Å². The molecule has 2 rings (SSSR count). The maximum atomic E-state index is 11.9. The molecule has 0 saturated carbocycles. The Bertz CT molecular complexity index is 551. The van der Waals surface area contributed by atoms with Gasteiger partial charge in [0.15, 0.2) is 6.10 Å². The van der Waals surface area contributed by atoms with E-state index in [0.717, 1.165) is 17.7 Å². The average Bonchev–Trinajstić information content (AvgIpc) is 2.95. The van der Waals surface area contributed by atoms with E-state index in [4.69, 9.17) is 4.84 Å². The highest BCUT2D eigenvalue weighted by molar-refractivity contribution is 6.02. The van der Waals surface area contributed by atoms with Crippen molar-refractivity contribution in [2.45, 2.75) is 32.8 Å². The zero-order chi connectivity index (χ0) is 15.2. The monoisotopic (exact) mass is 286 g/mol. The number of carbonyl (C=O) groups is 1. The Morgan fingerprint density at radius 2 is 2.29 bits per heavy atom. The van der Waals surface area contributed by atoms with Gasteiger partial charge in [-0.3, -0.25) is 4.79 Å². The Hall–Kier alpha value is -2.10. The van der Waals surface area contributed by atoms with Crippen LogP contribution in [0.5, 0.6) is 0 Å². The van der Waals surface area contributed by atoms with Crippen LogP contribution in [0.3, 0.4) is 0 Å². The van der Waals surface area contributed by atoms with Crippen LogP contribution in [-0.2, 0) is 9.63 Å². The Balaban J connectivity index is 1.99. The van der Waals surface area contributed by atoms with Crippen LogP contribution in [-0.4, -0.2) is 35.7 Å². The van der Waals surface area contributed by atoms with E-state index in [1.165, 1.54) is 5.56 Å². The molecule has 0 bridgehead atoms. The maximum absolute atomic E-state index is 11.9. The van der Waals surface area contributed by atoms with Gasteiger partial charge in [0.05, 0.1) is 12.3 Å². The summed E-state index contributed by atoms with van der Waals surface area (Å²) in [4.78, 5) is 19.2. The molecule has 1 heterocycles. The van der Waals surface area contributed by atoms with Crippen molar-refractivity contribution in [2.24, 2.45) is 5.16 Å². The predicted molar refractivity (Wildman–Crippen MR) is 84.3 cm³/mol. The molecule has 1 atom stereocenters. The normalized spacial score (nSPS) is 17.0. The summed E-state index contributed by atoms with van der Waals surface area (Å²) < 4.78 is 0. The summed E-state index contributed by atoms with van der Waals surface area (Å²) in [7, 11) is 0. The van der Waals surface area contributed by atoms with Crippen LogP contribution < -0.4 is 0 Å². The van der Waals surface area contributed by atoms with E-state index in [0.29, 0.717) is 19.5 Å². The summed E-state index contributed by atoms with van der Waals surface area (Å²) >= 11 is 0. The van der Waals surface area contributed by atoms with E-state index in [9.17, 15) is 4.79 Å². The molecule has 0 aliphatic carbocycles. The highest BCUT2D eigenvalue weighted by atomic mass is 16.6. The van der Waals surface area contributed by atoms with Gasteiger partial charge in [0.1, 0.15) is 0 Å². The smallest absolute Gasteiger partial charge is 0.222 e. The van der Waals surface area contributed by atoms with E-state index in [-0.39, 0.29) is 12.0 Å². The molecule has 112 valence electrons. The van der Waals surface area contributed by atoms with Crippen LogP contribution in [0.1, 0.15) is 30.9 Å². The van der Waals surface area contributed by atoms with Crippen molar-refractivity contribution >= 4 is 11.6 Å². The molecule has 1 aromatic rings. The lowest BCUT2D eigenvalue weighted by Gasteiger charge is -2.22. The number of rotatable bonds is 6. The Labute approximate surface area is 126 Å². The van der Waals surface area contributed by atoms with Gasteiger partial charge >= 0.3 is 0 Å². The fraction of sp³-hybridized carbons (Fsp3) is 0.412. The topological polar surface area (TPSA) is 41.9 Å². The van der Waals surface area contributed by atoms with E-state index in [1.807, 2.05) is 19.1 Å². The number of hydrogen-bond donors (Lipinski definition) is 0. The summed E-state index contributed by atoms with van der Waals surface area (Å²) in [6, 6.07) is 8.13. The number of oxime groups is 1. The second-order valence-corrected chi connectivity index (χ2v) is 5.23. The number of amides is 1. The predicted octanol–water partition coefficient (Wildman–Crippen LogP) is 2.91. The van der Waals surface area contributed by atoms with Gasteiger partial charge in [0.2, 0.25) is 5.91 Å². The minimum absolute atomic E-state index is 0.0740. The maximum Gasteiger partial charge on any atom is 0.222 e. The van der Waals surface area contributed by atoms with Crippen LogP contribution in [0.15, 0.2) is 42.1 Å². The van der Waals surface area contributed by atoms with Gasteiger partial charge in [0, 0.05) is 24.9 Å². The minimum atomic E-state index is -0.0740. The molecule has 0 unspecified atom stereocenters. The van der Waals surface area contributed by atoms with Crippen molar-refractivity contribution in [2.75, 3.05) is 13.1 Å². The summed E-state index contributed by atoms with van der Waals surface area (Å²) in [5.74, 6) is 0.114. The van der Waals surface area contributed by atoms with Crippen molar-refractivity contribution < 1.29 is 9.63 Å². The van der Waals surface area contributed by atoms with Crippen molar-refractivity contribution in [1.82, 2.24) is 4.90 Å². The van der Waals surface area contributed by atoms with Crippen LogP contribution in [0.2, 0.25) is 0 Å². The van der Waals surface area contributed by atoms with E-state index >= 15 is 0 Å². The van der Waals surface area contributed by atoms with Crippen molar-refractivity contribution in [3.63, 3.8) is 0 Å². The van der Waals surface area contributed by atoms with E-state index < -0.39 is 0 Å². The second-order valence-electron chi connectivity index (χ2n) is 5.23. The standard InChI is InChI=1S/C17H22N2O2/c1-4-10-19(17(20)5-2)12-14-11-16(18-21-14)15-9-7-6-8-13(15)3/h4,6-9,14H,1,5,10-12H2,2-3H3/t14-/m1/s1. The average molecular weight is 286 g/mol. The van der Waals surface area contributed by atoms with Crippen LogP contribution in [0.25, 0.3) is 0 Å². The number of nitrogens with zero attached hydrogens (tertiary/aromatic N) is 2.